The molecule has 0 saturated carbocycles. The molecule has 0 aliphatic rings. The lowest BCUT2D eigenvalue weighted by molar-refractivity contribution is 0.0600. The molecule has 3 aromatic heterocycles. The van der Waals surface area contributed by atoms with Crippen LogP contribution in [0.5, 0.6) is 0 Å². The van der Waals surface area contributed by atoms with Crippen LogP contribution in [-0.4, -0.2) is 33.0 Å². The van der Waals surface area contributed by atoms with Crippen molar-refractivity contribution < 1.29 is 18.7 Å². The molecule has 1 aromatic carbocycles. The van der Waals surface area contributed by atoms with Crippen molar-refractivity contribution in [2.75, 3.05) is 7.11 Å². The van der Waals surface area contributed by atoms with Gasteiger partial charge in [0.2, 0.25) is 0 Å². The summed E-state index contributed by atoms with van der Waals surface area (Å²) in [5.41, 5.74) is 2.61. The van der Waals surface area contributed by atoms with Gasteiger partial charge in [0.25, 0.3) is 5.56 Å². The van der Waals surface area contributed by atoms with Crippen LogP contribution in [-0.2, 0) is 17.8 Å². The van der Waals surface area contributed by atoms with Crippen LogP contribution in [0, 0.1) is 13.8 Å². The molecule has 31 heavy (non-hydrogen) atoms. The second-order valence-corrected chi connectivity index (χ2v) is 7.27. The molecule has 0 spiro atoms. The number of ketones is 1. The SMILES string of the molecule is COC(=O)c1ccc2c(=O)n(CC(=O)c3cc(C)n(Cc4ccco4)c3C)cnc2c1. The van der Waals surface area contributed by atoms with E-state index in [0.29, 0.717) is 28.6 Å². The highest BCUT2D eigenvalue weighted by atomic mass is 16.5. The van der Waals surface area contributed by atoms with Crippen LogP contribution < -0.4 is 5.56 Å². The number of esters is 1. The average Bonchev–Trinajstić information content (AvgIpc) is 3.38. The van der Waals surface area contributed by atoms with E-state index in [1.54, 1.807) is 6.26 Å². The summed E-state index contributed by atoms with van der Waals surface area (Å²) >= 11 is 0. The lowest BCUT2D eigenvalue weighted by atomic mass is 10.1. The van der Waals surface area contributed by atoms with Crippen LogP contribution in [0.1, 0.15) is 37.9 Å². The molecule has 158 valence electrons. The van der Waals surface area contributed by atoms with Crippen LogP contribution in [0.25, 0.3) is 10.9 Å². The fraction of sp³-hybridized carbons (Fsp3) is 0.217. The molecule has 0 radical (unpaired) electrons. The third-order valence-corrected chi connectivity index (χ3v) is 5.33. The van der Waals surface area contributed by atoms with E-state index in [1.165, 1.54) is 36.2 Å². The summed E-state index contributed by atoms with van der Waals surface area (Å²) in [4.78, 5) is 41.8. The van der Waals surface area contributed by atoms with Crippen molar-refractivity contribution in [3.8, 4) is 0 Å². The van der Waals surface area contributed by atoms with Crippen molar-refractivity contribution in [1.29, 1.82) is 0 Å². The summed E-state index contributed by atoms with van der Waals surface area (Å²) in [7, 11) is 1.29. The maximum absolute atomic E-state index is 13.0. The molecule has 4 aromatic rings. The first-order valence-corrected chi connectivity index (χ1v) is 9.69. The van der Waals surface area contributed by atoms with E-state index in [-0.39, 0.29) is 17.9 Å². The Hall–Kier alpha value is -3.94. The molecule has 0 aliphatic carbocycles. The zero-order chi connectivity index (χ0) is 22.1. The Morgan fingerprint density at radius 3 is 2.68 bits per heavy atom. The lowest BCUT2D eigenvalue weighted by Crippen LogP contribution is -2.25. The first-order chi connectivity index (χ1) is 14.9. The normalized spacial score (nSPS) is 11.1. The fourth-order valence-electron chi connectivity index (χ4n) is 3.64. The molecule has 0 amide bonds. The van der Waals surface area contributed by atoms with E-state index in [2.05, 4.69) is 4.98 Å². The van der Waals surface area contributed by atoms with Gasteiger partial charge in [0.05, 0.1) is 49.3 Å². The van der Waals surface area contributed by atoms with Crippen molar-refractivity contribution in [3.63, 3.8) is 0 Å². The predicted molar refractivity (Wildman–Crippen MR) is 113 cm³/mol. The first kappa shape index (κ1) is 20.3. The minimum absolute atomic E-state index is 0.133. The minimum atomic E-state index is -0.507. The van der Waals surface area contributed by atoms with Gasteiger partial charge in [-0.3, -0.25) is 14.2 Å². The number of aromatic nitrogens is 3. The van der Waals surface area contributed by atoms with Gasteiger partial charge >= 0.3 is 5.97 Å². The topological polar surface area (TPSA) is 96.3 Å². The highest BCUT2D eigenvalue weighted by Gasteiger charge is 2.18. The monoisotopic (exact) mass is 419 g/mol. The molecular formula is C23H21N3O5. The molecule has 0 aliphatic heterocycles. The second kappa shape index (κ2) is 8.06. The molecule has 0 saturated heterocycles. The van der Waals surface area contributed by atoms with E-state index in [0.717, 1.165) is 17.1 Å². The van der Waals surface area contributed by atoms with E-state index in [1.807, 2.05) is 36.6 Å². The van der Waals surface area contributed by atoms with Gasteiger partial charge in [0.1, 0.15) is 5.76 Å². The van der Waals surface area contributed by atoms with Gasteiger partial charge in [-0.25, -0.2) is 9.78 Å². The number of aryl methyl sites for hydroxylation is 1. The zero-order valence-corrected chi connectivity index (χ0v) is 17.4. The number of methoxy groups -OCH3 is 1. The number of Topliss-reactive ketones (excluding diaryl/α,β-unsaturated/α-hetero) is 1. The van der Waals surface area contributed by atoms with Crippen LogP contribution in [0.2, 0.25) is 0 Å². The Morgan fingerprint density at radius 2 is 1.97 bits per heavy atom. The van der Waals surface area contributed by atoms with Crippen molar-refractivity contribution in [2.45, 2.75) is 26.9 Å². The number of hydrogen-bond donors (Lipinski definition) is 0. The smallest absolute Gasteiger partial charge is 0.337 e. The van der Waals surface area contributed by atoms with Crippen LogP contribution >= 0.6 is 0 Å². The Kier molecular flexibility index (Phi) is 5.29. The van der Waals surface area contributed by atoms with Crippen LogP contribution in [0.3, 0.4) is 0 Å². The molecule has 0 N–H and O–H groups in total. The summed E-state index contributed by atoms with van der Waals surface area (Å²) in [5.74, 6) is 0.100. The maximum Gasteiger partial charge on any atom is 0.337 e. The largest absolute Gasteiger partial charge is 0.467 e. The minimum Gasteiger partial charge on any atom is -0.467 e. The van der Waals surface area contributed by atoms with Gasteiger partial charge in [-0.15, -0.1) is 0 Å². The number of carbonyl (C=O) groups excluding carboxylic acids is 2. The van der Waals surface area contributed by atoms with Gasteiger partial charge in [-0.1, -0.05) is 0 Å². The quantitative estimate of drug-likeness (QED) is 0.352. The molecule has 8 nitrogen and oxygen atoms in total. The van der Waals surface area contributed by atoms with Crippen molar-refractivity contribution in [3.05, 3.63) is 87.6 Å². The van der Waals surface area contributed by atoms with Gasteiger partial charge < -0.3 is 13.7 Å². The molecule has 3 heterocycles. The zero-order valence-electron chi connectivity index (χ0n) is 17.4. The third kappa shape index (κ3) is 3.79. The summed E-state index contributed by atoms with van der Waals surface area (Å²) in [6, 6.07) is 10.0. The number of ether oxygens (including phenoxy) is 1. The maximum atomic E-state index is 13.0. The molecule has 8 heteroatoms. The van der Waals surface area contributed by atoms with Gasteiger partial charge in [-0.2, -0.15) is 0 Å². The standard InChI is InChI=1S/C23H21N3O5/c1-14-9-19(15(2)26(14)11-17-5-4-8-31-17)21(27)12-25-13-24-20-10-16(23(29)30-3)6-7-18(20)22(25)28/h4-10,13H,11-12H2,1-3H3. The summed E-state index contributed by atoms with van der Waals surface area (Å²) in [5, 5.41) is 0.325. The molecular weight excluding hydrogens is 398 g/mol. The van der Waals surface area contributed by atoms with Gasteiger partial charge in [0, 0.05) is 17.0 Å². The number of benzene rings is 1. The van der Waals surface area contributed by atoms with E-state index in [9.17, 15) is 14.4 Å². The molecule has 0 atom stereocenters. The lowest BCUT2D eigenvalue weighted by Gasteiger charge is -2.09. The molecule has 0 unspecified atom stereocenters. The highest BCUT2D eigenvalue weighted by Crippen LogP contribution is 2.19. The van der Waals surface area contributed by atoms with E-state index >= 15 is 0 Å². The van der Waals surface area contributed by atoms with Crippen molar-refractivity contribution in [1.82, 2.24) is 14.1 Å². The summed E-state index contributed by atoms with van der Waals surface area (Å²) < 4.78 is 13.4. The Morgan fingerprint density at radius 1 is 1.16 bits per heavy atom. The second-order valence-electron chi connectivity index (χ2n) is 7.27. The first-order valence-electron chi connectivity index (χ1n) is 9.69. The molecule has 0 fully saturated rings. The van der Waals surface area contributed by atoms with Crippen molar-refractivity contribution in [2.24, 2.45) is 0 Å². The number of rotatable bonds is 6. The number of nitrogens with zero attached hydrogens (tertiary/aromatic N) is 3. The summed E-state index contributed by atoms with van der Waals surface area (Å²) in [6.45, 7) is 4.19. The number of hydrogen-bond acceptors (Lipinski definition) is 6. The fourth-order valence-corrected chi connectivity index (χ4v) is 3.64. The highest BCUT2D eigenvalue weighted by molar-refractivity contribution is 5.97. The third-order valence-electron chi connectivity index (χ3n) is 5.33. The van der Waals surface area contributed by atoms with E-state index in [4.69, 9.17) is 9.15 Å². The number of fused-ring (bicyclic) bond motifs is 1. The van der Waals surface area contributed by atoms with E-state index < -0.39 is 5.97 Å². The predicted octanol–water partition coefficient (Wildman–Crippen LogP) is 3.13. The molecule has 0 bridgehead atoms. The number of furan rings is 1. The van der Waals surface area contributed by atoms with Crippen molar-refractivity contribution >= 4 is 22.7 Å². The average molecular weight is 419 g/mol. The van der Waals surface area contributed by atoms with Crippen LogP contribution in [0.15, 0.2) is 58.2 Å². The van der Waals surface area contributed by atoms with Gasteiger partial charge in [0.15, 0.2) is 5.78 Å². The summed E-state index contributed by atoms with van der Waals surface area (Å²) in [6.07, 6.45) is 2.94. The van der Waals surface area contributed by atoms with Gasteiger partial charge in [-0.05, 0) is 50.2 Å². The Labute approximate surface area is 177 Å². The van der Waals surface area contributed by atoms with Crippen LogP contribution in [0.4, 0.5) is 0 Å². The molecule has 4 rings (SSSR count). The Balaban J connectivity index is 1.62. The Bertz CT molecular complexity index is 1350. The number of carbonyl (C=O) groups is 2.